The van der Waals surface area contributed by atoms with Gasteiger partial charge in [-0.1, -0.05) is 23.2 Å². The van der Waals surface area contributed by atoms with Crippen molar-refractivity contribution in [2.45, 2.75) is 13.0 Å². The van der Waals surface area contributed by atoms with Gasteiger partial charge in [0.15, 0.2) is 0 Å². The number of carbonyl (C=O) groups excluding carboxylic acids is 1. The van der Waals surface area contributed by atoms with Gasteiger partial charge in [0.05, 0.1) is 5.56 Å². The number of aromatic nitrogens is 1. The molecule has 0 fully saturated rings. The maximum Gasteiger partial charge on any atom is 0.257 e. The average molecular weight is 322 g/mol. The van der Waals surface area contributed by atoms with Crippen LogP contribution in [0.25, 0.3) is 0 Å². The SMILES string of the molecule is O=C(Nc1cc(Cl)cc(Cl)c1)c1cncc2c1CCNC2. The van der Waals surface area contributed by atoms with E-state index in [1.54, 1.807) is 30.6 Å². The van der Waals surface area contributed by atoms with Crippen molar-refractivity contribution in [3.63, 3.8) is 0 Å². The summed E-state index contributed by atoms with van der Waals surface area (Å²) in [6, 6.07) is 4.95. The van der Waals surface area contributed by atoms with E-state index in [0.29, 0.717) is 21.3 Å². The van der Waals surface area contributed by atoms with Gasteiger partial charge < -0.3 is 10.6 Å². The number of nitrogens with one attached hydrogen (secondary N) is 2. The van der Waals surface area contributed by atoms with Crippen molar-refractivity contribution in [1.29, 1.82) is 0 Å². The van der Waals surface area contributed by atoms with Gasteiger partial charge in [0.25, 0.3) is 5.91 Å². The monoisotopic (exact) mass is 321 g/mol. The second kappa shape index (κ2) is 6.02. The number of carbonyl (C=O) groups is 1. The zero-order valence-corrected chi connectivity index (χ0v) is 12.6. The van der Waals surface area contributed by atoms with Gasteiger partial charge in [-0.05, 0) is 42.3 Å². The van der Waals surface area contributed by atoms with E-state index in [9.17, 15) is 4.79 Å². The summed E-state index contributed by atoms with van der Waals surface area (Å²) in [4.78, 5) is 16.6. The number of benzene rings is 1. The molecule has 1 aliphatic rings. The molecule has 1 aromatic carbocycles. The highest BCUT2D eigenvalue weighted by Gasteiger charge is 2.18. The quantitative estimate of drug-likeness (QED) is 0.892. The Morgan fingerprint density at radius 1 is 1.19 bits per heavy atom. The van der Waals surface area contributed by atoms with Gasteiger partial charge >= 0.3 is 0 Å². The Kier molecular flexibility index (Phi) is 4.10. The number of amides is 1. The highest BCUT2D eigenvalue weighted by molar-refractivity contribution is 6.35. The first kappa shape index (κ1) is 14.3. The Morgan fingerprint density at radius 2 is 1.95 bits per heavy atom. The van der Waals surface area contributed by atoms with Crippen LogP contribution in [0.2, 0.25) is 10.0 Å². The summed E-state index contributed by atoms with van der Waals surface area (Å²) >= 11 is 11.9. The van der Waals surface area contributed by atoms with Crippen LogP contribution in [0.1, 0.15) is 21.5 Å². The topological polar surface area (TPSA) is 54.0 Å². The third-order valence-corrected chi connectivity index (χ3v) is 3.82. The van der Waals surface area contributed by atoms with E-state index in [1.165, 1.54) is 0 Å². The zero-order chi connectivity index (χ0) is 14.8. The lowest BCUT2D eigenvalue weighted by molar-refractivity contribution is 0.102. The van der Waals surface area contributed by atoms with E-state index in [-0.39, 0.29) is 5.91 Å². The molecule has 2 aromatic rings. The van der Waals surface area contributed by atoms with Crippen LogP contribution >= 0.6 is 23.2 Å². The fourth-order valence-corrected chi connectivity index (χ4v) is 2.96. The lowest BCUT2D eigenvalue weighted by atomic mass is 9.98. The first-order valence-electron chi connectivity index (χ1n) is 6.57. The van der Waals surface area contributed by atoms with Crippen LogP contribution in [0, 0.1) is 0 Å². The molecule has 2 heterocycles. The molecule has 1 aliphatic heterocycles. The van der Waals surface area contributed by atoms with Crippen LogP contribution < -0.4 is 10.6 Å². The number of hydrogen-bond acceptors (Lipinski definition) is 3. The maximum atomic E-state index is 12.5. The van der Waals surface area contributed by atoms with Crippen LogP contribution in [0.3, 0.4) is 0 Å². The number of anilines is 1. The number of halogens is 2. The fourth-order valence-electron chi connectivity index (χ4n) is 2.43. The van der Waals surface area contributed by atoms with Crippen molar-refractivity contribution in [2.24, 2.45) is 0 Å². The first-order chi connectivity index (χ1) is 10.1. The first-order valence-corrected chi connectivity index (χ1v) is 7.33. The van der Waals surface area contributed by atoms with Crippen molar-refractivity contribution in [1.82, 2.24) is 10.3 Å². The van der Waals surface area contributed by atoms with Crippen LogP contribution in [-0.2, 0) is 13.0 Å². The molecule has 0 saturated heterocycles. The summed E-state index contributed by atoms with van der Waals surface area (Å²) < 4.78 is 0. The van der Waals surface area contributed by atoms with Crippen molar-refractivity contribution < 1.29 is 4.79 Å². The predicted octanol–water partition coefficient (Wildman–Crippen LogP) is 3.29. The number of nitrogens with zero attached hydrogens (tertiary/aromatic N) is 1. The van der Waals surface area contributed by atoms with E-state index >= 15 is 0 Å². The maximum absolute atomic E-state index is 12.5. The van der Waals surface area contributed by atoms with Crippen LogP contribution in [0.5, 0.6) is 0 Å². The van der Waals surface area contributed by atoms with E-state index < -0.39 is 0 Å². The lowest BCUT2D eigenvalue weighted by Crippen LogP contribution is -2.27. The molecule has 0 aliphatic carbocycles. The van der Waals surface area contributed by atoms with Gasteiger partial charge in [-0.2, -0.15) is 0 Å². The summed E-state index contributed by atoms with van der Waals surface area (Å²) in [5.74, 6) is -0.195. The number of fused-ring (bicyclic) bond motifs is 1. The molecule has 0 unspecified atom stereocenters. The van der Waals surface area contributed by atoms with E-state index in [0.717, 1.165) is 30.6 Å². The average Bonchev–Trinajstić information content (AvgIpc) is 2.45. The molecule has 6 heteroatoms. The molecule has 1 aromatic heterocycles. The molecule has 21 heavy (non-hydrogen) atoms. The predicted molar refractivity (Wildman–Crippen MR) is 84.1 cm³/mol. The fraction of sp³-hybridized carbons (Fsp3) is 0.200. The number of rotatable bonds is 2. The van der Waals surface area contributed by atoms with Crippen molar-refractivity contribution >= 4 is 34.8 Å². The van der Waals surface area contributed by atoms with Gasteiger partial charge in [-0.3, -0.25) is 9.78 Å². The highest BCUT2D eigenvalue weighted by Crippen LogP contribution is 2.24. The molecule has 0 saturated carbocycles. The summed E-state index contributed by atoms with van der Waals surface area (Å²) in [5, 5.41) is 7.05. The number of hydrogen-bond donors (Lipinski definition) is 2. The molecule has 3 rings (SSSR count). The Morgan fingerprint density at radius 3 is 2.71 bits per heavy atom. The minimum atomic E-state index is -0.195. The minimum Gasteiger partial charge on any atom is -0.322 e. The summed E-state index contributed by atoms with van der Waals surface area (Å²) in [7, 11) is 0. The second-order valence-electron chi connectivity index (χ2n) is 4.86. The Bertz CT molecular complexity index is 683. The highest BCUT2D eigenvalue weighted by atomic mass is 35.5. The van der Waals surface area contributed by atoms with Gasteiger partial charge in [0, 0.05) is 34.7 Å². The third kappa shape index (κ3) is 3.18. The summed E-state index contributed by atoms with van der Waals surface area (Å²) in [6.45, 7) is 1.60. The smallest absolute Gasteiger partial charge is 0.257 e. The van der Waals surface area contributed by atoms with E-state index in [1.807, 2.05) is 0 Å². The molecule has 0 spiro atoms. The minimum absolute atomic E-state index is 0.195. The van der Waals surface area contributed by atoms with Crippen molar-refractivity contribution in [3.8, 4) is 0 Å². The van der Waals surface area contributed by atoms with Gasteiger partial charge in [-0.25, -0.2) is 0 Å². The van der Waals surface area contributed by atoms with Gasteiger partial charge in [0.1, 0.15) is 0 Å². The molecule has 108 valence electrons. The largest absolute Gasteiger partial charge is 0.322 e. The van der Waals surface area contributed by atoms with Crippen LogP contribution in [0.15, 0.2) is 30.6 Å². The van der Waals surface area contributed by atoms with Gasteiger partial charge in [0.2, 0.25) is 0 Å². The zero-order valence-electron chi connectivity index (χ0n) is 11.1. The van der Waals surface area contributed by atoms with Crippen molar-refractivity contribution in [3.05, 3.63) is 57.3 Å². The molecule has 0 atom stereocenters. The molecule has 1 amide bonds. The second-order valence-corrected chi connectivity index (χ2v) is 5.74. The van der Waals surface area contributed by atoms with E-state index in [4.69, 9.17) is 23.2 Å². The van der Waals surface area contributed by atoms with Crippen LogP contribution in [0.4, 0.5) is 5.69 Å². The molecular weight excluding hydrogens is 309 g/mol. The Labute approximate surface area is 132 Å². The van der Waals surface area contributed by atoms with E-state index in [2.05, 4.69) is 15.6 Å². The molecule has 2 N–H and O–H groups in total. The standard InChI is InChI=1S/C15H13Cl2N3O/c16-10-3-11(17)5-12(4-10)20-15(21)14-8-19-7-9-6-18-2-1-13(9)14/h3-5,7-8,18H,1-2,6H2,(H,20,21). The molecular formula is C15H13Cl2N3O. The molecule has 0 radical (unpaired) electrons. The summed E-state index contributed by atoms with van der Waals surface area (Å²) in [6.07, 6.45) is 4.22. The van der Waals surface area contributed by atoms with Crippen LogP contribution in [-0.4, -0.2) is 17.4 Å². The Hall–Kier alpha value is -1.62. The summed E-state index contributed by atoms with van der Waals surface area (Å²) in [5.41, 5.74) is 3.29. The Balaban J connectivity index is 1.89. The van der Waals surface area contributed by atoms with Crippen molar-refractivity contribution in [2.75, 3.05) is 11.9 Å². The number of pyridine rings is 1. The molecule has 0 bridgehead atoms. The molecule has 4 nitrogen and oxygen atoms in total. The normalized spacial score (nSPS) is 13.6. The van der Waals surface area contributed by atoms with Gasteiger partial charge in [-0.15, -0.1) is 0 Å². The lowest BCUT2D eigenvalue weighted by Gasteiger charge is -2.19. The third-order valence-electron chi connectivity index (χ3n) is 3.38.